The molecule has 1 amide bonds. The zero-order valence-corrected chi connectivity index (χ0v) is 10.3. The second-order valence-corrected chi connectivity index (χ2v) is 4.49. The number of halogens is 1. The molecule has 0 saturated carbocycles. The van der Waals surface area contributed by atoms with Gasteiger partial charge in [0, 0.05) is 17.1 Å². The van der Waals surface area contributed by atoms with E-state index < -0.39 is 0 Å². The Hall–Kier alpha value is -1.06. The first-order chi connectivity index (χ1) is 7.52. The molecule has 0 aliphatic heterocycles. The monoisotopic (exact) mass is 240 g/mol. The summed E-state index contributed by atoms with van der Waals surface area (Å²) in [6, 6.07) is 5.39. The molecule has 1 rings (SSSR count). The molecule has 0 aliphatic rings. The fraction of sp³-hybridized carbons (Fsp3) is 0.417. The quantitative estimate of drug-likeness (QED) is 0.850. The van der Waals surface area contributed by atoms with Crippen LogP contribution in [0.2, 0.25) is 5.02 Å². The highest BCUT2D eigenvalue weighted by Gasteiger charge is 2.08. The van der Waals surface area contributed by atoms with Gasteiger partial charge in [-0.3, -0.25) is 4.79 Å². The summed E-state index contributed by atoms with van der Waals surface area (Å²) in [5, 5.41) is 3.52. The maximum absolute atomic E-state index is 11.6. The fourth-order valence-electron chi connectivity index (χ4n) is 1.37. The first-order valence-corrected chi connectivity index (χ1v) is 5.66. The van der Waals surface area contributed by atoms with Crippen molar-refractivity contribution in [3.8, 4) is 0 Å². The lowest BCUT2D eigenvalue weighted by Gasteiger charge is -2.11. The van der Waals surface area contributed by atoms with E-state index in [1.807, 2.05) is 26.0 Å². The van der Waals surface area contributed by atoms with Crippen LogP contribution in [0.5, 0.6) is 0 Å². The van der Waals surface area contributed by atoms with Crippen molar-refractivity contribution in [1.82, 2.24) is 0 Å². The zero-order valence-electron chi connectivity index (χ0n) is 9.59. The third-order valence-corrected chi connectivity index (χ3v) is 2.63. The van der Waals surface area contributed by atoms with Crippen molar-refractivity contribution >= 4 is 23.2 Å². The predicted octanol–water partition coefficient (Wildman–Crippen LogP) is 2.57. The molecule has 4 heteroatoms. The van der Waals surface area contributed by atoms with Crippen molar-refractivity contribution in [1.29, 1.82) is 0 Å². The molecule has 0 heterocycles. The lowest BCUT2D eigenvalue weighted by atomic mass is 10.1. The molecule has 0 aromatic heterocycles. The van der Waals surface area contributed by atoms with Gasteiger partial charge in [0.2, 0.25) is 5.91 Å². The number of nitrogens with two attached hydrogens (primary N) is 1. The van der Waals surface area contributed by atoms with Gasteiger partial charge in [-0.1, -0.05) is 18.5 Å². The van der Waals surface area contributed by atoms with Crippen molar-refractivity contribution in [2.45, 2.75) is 20.3 Å². The van der Waals surface area contributed by atoms with Crippen molar-refractivity contribution in [3.05, 3.63) is 28.8 Å². The van der Waals surface area contributed by atoms with Gasteiger partial charge >= 0.3 is 0 Å². The zero-order chi connectivity index (χ0) is 12.1. The molecule has 88 valence electrons. The summed E-state index contributed by atoms with van der Waals surface area (Å²) in [7, 11) is 0. The Kier molecular flexibility index (Phi) is 4.77. The Morgan fingerprint density at radius 1 is 1.56 bits per heavy atom. The SMILES string of the molecule is Cc1cc(Cl)ccc1NC(=O)CC(C)CN. The Bertz CT molecular complexity index is 379. The first-order valence-electron chi connectivity index (χ1n) is 5.29. The largest absolute Gasteiger partial charge is 0.330 e. The number of nitrogens with one attached hydrogen (secondary N) is 1. The van der Waals surface area contributed by atoms with Gasteiger partial charge in [-0.25, -0.2) is 0 Å². The molecule has 1 aromatic carbocycles. The number of carbonyl (C=O) groups is 1. The lowest BCUT2D eigenvalue weighted by Crippen LogP contribution is -2.20. The summed E-state index contributed by atoms with van der Waals surface area (Å²) in [5.74, 6) is 0.191. The second-order valence-electron chi connectivity index (χ2n) is 4.05. The highest BCUT2D eigenvalue weighted by molar-refractivity contribution is 6.30. The summed E-state index contributed by atoms with van der Waals surface area (Å²) in [5.41, 5.74) is 7.23. The van der Waals surface area contributed by atoms with E-state index in [9.17, 15) is 4.79 Å². The van der Waals surface area contributed by atoms with Crippen molar-refractivity contribution in [3.63, 3.8) is 0 Å². The highest BCUT2D eigenvalue weighted by atomic mass is 35.5. The molecule has 0 aliphatic carbocycles. The second kappa shape index (κ2) is 5.87. The van der Waals surface area contributed by atoms with Crippen LogP contribution < -0.4 is 11.1 Å². The molecule has 0 spiro atoms. The number of aryl methyl sites for hydroxylation is 1. The van der Waals surface area contributed by atoms with Crippen molar-refractivity contribution in [2.75, 3.05) is 11.9 Å². The molecule has 0 bridgehead atoms. The van der Waals surface area contributed by atoms with E-state index in [2.05, 4.69) is 5.32 Å². The van der Waals surface area contributed by atoms with E-state index in [1.165, 1.54) is 0 Å². The van der Waals surface area contributed by atoms with Crippen LogP contribution >= 0.6 is 11.6 Å². The van der Waals surface area contributed by atoms with Gasteiger partial charge in [0.05, 0.1) is 0 Å². The van der Waals surface area contributed by atoms with Crippen LogP contribution in [0.25, 0.3) is 0 Å². The maximum atomic E-state index is 11.6. The fourth-order valence-corrected chi connectivity index (χ4v) is 1.60. The Labute approximate surface area is 101 Å². The van der Waals surface area contributed by atoms with E-state index in [1.54, 1.807) is 6.07 Å². The average molecular weight is 241 g/mol. The van der Waals surface area contributed by atoms with Gasteiger partial charge < -0.3 is 11.1 Å². The molecule has 3 nitrogen and oxygen atoms in total. The van der Waals surface area contributed by atoms with Crippen molar-refractivity contribution < 1.29 is 4.79 Å². The number of amides is 1. The third kappa shape index (κ3) is 3.83. The van der Waals surface area contributed by atoms with Gasteiger partial charge in [-0.2, -0.15) is 0 Å². The van der Waals surface area contributed by atoms with Crippen LogP contribution in [-0.4, -0.2) is 12.5 Å². The smallest absolute Gasteiger partial charge is 0.224 e. The Morgan fingerprint density at radius 3 is 2.81 bits per heavy atom. The first kappa shape index (κ1) is 13.0. The molecule has 0 fully saturated rings. The molecule has 1 atom stereocenters. The van der Waals surface area contributed by atoms with Crippen LogP contribution in [0.3, 0.4) is 0 Å². The van der Waals surface area contributed by atoms with Crippen LogP contribution in [-0.2, 0) is 4.79 Å². The summed E-state index contributed by atoms with van der Waals surface area (Å²) in [6.45, 7) is 4.38. The summed E-state index contributed by atoms with van der Waals surface area (Å²) in [6.07, 6.45) is 0.443. The minimum atomic E-state index is -0.0108. The van der Waals surface area contributed by atoms with Crippen LogP contribution in [0, 0.1) is 12.8 Å². The third-order valence-electron chi connectivity index (χ3n) is 2.40. The number of benzene rings is 1. The molecule has 16 heavy (non-hydrogen) atoms. The minimum Gasteiger partial charge on any atom is -0.330 e. The summed E-state index contributed by atoms with van der Waals surface area (Å²) < 4.78 is 0. The molecular formula is C12H17ClN2O. The Morgan fingerprint density at radius 2 is 2.25 bits per heavy atom. The van der Waals surface area contributed by atoms with Crippen LogP contribution in [0.15, 0.2) is 18.2 Å². The summed E-state index contributed by atoms with van der Waals surface area (Å²) in [4.78, 5) is 11.6. The number of hydrogen-bond donors (Lipinski definition) is 2. The van der Waals surface area contributed by atoms with Crippen molar-refractivity contribution in [2.24, 2.45) is 11.7 Å². The van der Waals surface area contributed by atoms with E-state index in [4.69, 9.17) is 17.3 Å². The normalized spacial score (nSPS) is 12.2. The predicted molar refractivity (Wildman–Crippen MR) is 67.7 cm³/mol. The van der Waals surface area contributed by atoms with Gasteiger partial charge in [0.1, 0.15) is 0 Å². The van der Waals surface area contributed by atoms with Crippen LogP contribution in [0.1, 0.15) is 18.9 Å². The number of rotatable bonds is 4. The van der Waals surface area contributed by atoms with Gasteiger partial charge in [-0.05, 0) is 43.1 Å². The molecule has 3 N–H and O–H groups in total. The minimum absolute atomic E-state index is 0.0108. The molecule has 1 unspecified atom stereocenters. The standard InChI is InChI=1S/C12H17ClN2O/c1-8(7-14)5-12(16)15-11-4-3-10(13)6-9(11)2/h3-4,6,8H,5,7,14H2,1-2H3,(H,15,16). The van der Waals surface area contributed by atoms with Gasteiger partial charge in [0.25, 0.3) is 0 Å². The number of carbonyl (C=O) groups excluding carboxylic acids is 1. The maximum Gasteiger partial charge on any atom is 0.224 e. The van der Waals surface area contributed by atoms with Gasteiger partial charge in [-0.15, -0.1) is 0 Å². The lowest BCUT2D eigenvalue weighted by molar-refractivity contribution is -0.116. The van der Waals surface area contributed by atoms with E-state index in [0.717, 1.165) is 11.3 Å². The molecule has 0 radical (unpaired) electrons. The number of anilines is 1. The summed E-state index contributed by atoms with van der Waals surface area (Å²) >= 11 is 5.83. The molecule has 0 saturated heterocycles. The van der Waals surface area contributed by atoms with E-state index in [-0.39, 0.29) is 11.8 Å². The molecular weight excluding hydrogens is 224 g/mol. The van der Waals surface area contributed by atoms with E-state index in [0.29, 0.717) is 18.0 Å². The topological polar surface area (TPSA) is 55.1 Å². The van der Waals surface area contributed by atoms with Crippen LogP contribution in [0.4, 0.5) is 5.69 Å². The highest BCUT2D eigenvalue weighted by Crippen LogP contribution is 2.19. The average Bonchev–Trinajstić information content (AvgIpc) is 2.22. The van der Waals surface area contributed by atoms with E-state index >= 15 is 0 Å². The van der Waals surface area contributed by atoms with Gasteiger partial charge in [0.15, 0.2) is 0 Å². The number of hydrogen-bond acceptors (Lipinski definition) is 2. The Balaban J connectivity index is 2.63. The molecule has 1 aromatic rings.